The first-order chi connectivity index (χ1) is 9.22. The molecule has 3 rings (SSSR count). The van der Waals surface area contributed by atoms with E-state index < -0.39 is 0 Å². The van der Waals surface area contributed by atoms with Crippen LogP contribution in [0.15, 0.2) is 18.2 Å². The van der Waals surface area contributed by atoms with Gasteiger partial charge in [0.1, 0.15) is 5.75 Å². The van der Waals surface area contributed by atoms with Crippen LogP contribution in [0, 0.1) is 0 Å². The summed E-state index contributed by atoms with van der Waals surface area (Å²) in [5.41, 5.74) is 7.48. The molecule has 2 aliphatic rings. The summed E-state index contributed by atoms with van der Waals surface area (Å²) in [6, 6.07) is 6.05. The second kappa shape index (κ2) is 5.39. The van der Waals surface area contributed by atoms with Crippen LogP contribution in [0.1, 0.15) is 24.8 Å². The normalized spacial score (nSPS) is 25.2. The Morgan fingerprint density at radius 3 is 3.00 bits per heavy atom. The third-order valence-corrected chi connectivity index (χ3v) is 4.42. The van der Waals surface area contributed by atoms with Gasteiger partial charge in [-0.25, -0.2) is 0 Å². The number of aromatic hydroxyl groups is 1. The number of piperazine rings is 1. The molecule has 0 radical (unpaired) electrons. The van der Waals surface area contributed by atoms with Gasteiger partial charge in [-0.2, -0.15) is 0 Å². The number of fused-ring (bicyclic) bond motifs is 1. The lowest BCUT2D eigenvalue weighted by molar-refractivity contribution is 0.0454. The molecule has 4 nitrogen and oxygen atoms in total. The van der Waals surface area contributed by atoms with Crippen molar-refractivity contribution < 1.29 is 5.11 Å². The highest BCUT2D eigenvalue weighted by atomic mass is 16.3. The minimum atomic E-state index is 0.361. The molecule has 4 heteroatoms. The van der Waals surface area contributed by atoms with Gasteiger partial charge >= 0.3 is 0 Å². The van der Waals surface area contributed by atoms with Crippen molar-refractivity contribution >= 4 is 5.69 Å². The number of nitrogens with zero attached hydrogens (tertiary/aromatic N) is 2. The Labute approximate surface area is 114 Å². The summed E-state index contributed by atoms with van der Waals surface area (Å²) >= 11 is 0. The van der Waals surface area contributed by atoms with Crippen molar-refractivity contribution in [2.75, 3.05) is 31.9 Å². The highest BCUT2D eigenvalue weighted by Crippen LogP contribution is 2.25. The van der Waals surface area contributed by atoms with Gasteiger partial charge in [-0.1, -0.05) is 6.42 Å². The number of nitrogen functional groups attached to an aromatic ring is 1. The monoisotopic (exact) mass is 261 g/mol. The summed E-state index contributed by atoms with van der Waals surface area (Å²) in [7, 11) is 0. The summed E-state index contributed by atoms with van der Waals surface area (Å²) in [5.74, 6) is 0.361. The topological polar surface area (TPSA) is 52.7 Å². The number of hydrogen-bond donors (Lipinski definition) is 2. The van der Waals surface area contributed by atoms with Crippen LogP contribution in [0.2, 0.25) is 0 Å². The van der Waals surface area contributed by atoms with Gasteiger partial charge in [-0.15, -0.1) is 0 Å². The van der Waals surface area contributed by atoms with Crippen LogP contribution in [0.3, 0.4) is 0 Å². The number of hydrogen-bond acceptors (Lipinski definition) is 4. The molecule has 0 bridgehead atoms. The highest BCUT2D eigenvalue weighted by Gasteiger charge is 2.28. The molecule has 2 saturated heterocycles. The fraction of sp³-hybridized carbons (Fsp3) is 0.600. The van der Waals surface area contributed by atoms with Crippen LogP contribution in [0.5, 0.6) is 5.75 Å². The van der Waals surface area contributed by atoms with Gasteiger partial charge < -0.3 is 10.8 Å². The minimum Gasteiger partial charge on any atom is -0.508 e. The van der Waals surface area contributed by atoms with E-state index in [1.165, 1.54) is 25.8 Å². The number of benzene rings is 1. The predicted molar refractivity (Wildman–Crippen MR) is 77.0 cm³/mol. The van der Waals surface area contributed by atoms with Crippen LogP contribution in [0.25, 0.3) is 0 Å². The Bertz CT molecular complexity index is 449. The molecule has 0 amide bonds. The molecule has 0 spiro atoms. The molecule has 3 N–H and O–H groups in total. The lowest BCUT2D eigenvalue weighted by Gasteiger charge is -2.44. The molecule has 104 valence electrons. The molecular formula is C15H23N3O. The third-order valence-electron chi connectivity index (χ3n) is 4.42. The van der Waals surface area contributed by atoms with E-state index in [1.807, 2.05) is 6.07 Å². The molecule has 0 saturated carbocycles. The maximum atomic E-state index is 9.91. The van der Waals surface area contributed by atoms with Gasteiger partial charge in [0.05, 0.1) is 0 Å². The molecule has 19 heavy (non-hydrogen) atoms. The fourth-order valence-electron chi connectivity index (χ4n) is 3.34. The van der Waals surface area contributed by atoms with E-state index in [2.05, 4.69) is 9.80 Å². The average molecular weight is 261 g/mol. The second-order valence-corrected chi connectivity index (χ2v) is 5.81. The van der Waals surface area contributed by atoms with Crippen LogP contribution in [-0.2, 0) is 6.54 Å². The van der Waals surface area contributed by atoms with Crippen LogP contribution in [0.4, 0.5) is 5.69 Å². The molecule has 1 atom stereocenters. The summed E-state index contributed by atoms with van der Waals surface area (Å²) in [6.07, 6.45) is 4.03. The van der Waals surface area contributed by atoms with Crippen molar-refractivity contribution in [2.24, 2.45) is 0 Å². The Morgan fingerprint density at radius 2 is 2.11 bits per heavy atom. The van der Waals surface area contributed by atoms with E-state index in [0.29, 0.717) is 11.8 Å². The quantitative estimate of drug-likeness (QED) is 0.628. The van der Waals surface area contributed by atoms with Crippen LogP contribution >= 0.6 is 0 Å². The van der Waals surface area contributed by atoms with Gasteiger partial charge in [0.15, 0.2) is 0 Å². The summed E-state index contributed by atoms with van der Waals surface area (Å²) < 4.78 is 0. The predicted octanol–water partition coefficient (Wildman–Crippen LogP) is 1.64. The van der Waals surface area contributed by atoms with E-state index in [9.17, 15) is 5.11 Å². The first kappa shape index (κ1) is 12.8. The number of piperidine rings is 1. The van der Waals surface area contributed by atoms with E-state index in [-0.39, 0.29) is 0 Å². The lowest BCUT2D eigenvalue weighted by atomic mass is 9.99. The summed E-state index contributed by atoms with van der Waals surface area (Å²) in [5, 5.41) is 9.91. The first-order valence-electron chi connectivity index (χ1n) is 7.26. The molecule has 2 fully saturated rings. The van der Waals surface area contributed by atoms with Gasteiger partial charge in [0.25, 0.3) is 0 Å². The van der Waals surface area contributed by atoms with E-state index in [0.717, 1.165) is 37.4 Å². The zero-order valence-electron chi connectivity index (χ0n) is 11.4. The Hall–Kier alpha value is -1.26. The van der Waals surface area contributed by atoms with Gasteiger partial charge in [-0.05, 0) is 37.6 Å². The Balaban J connectivity index is 1.65. The molecule has 1 unspecified atom stereocenters. The van der Waals surface area contributed by atoms with E-state index in [1.54, 1.807) is 12.1 Å². The van der Waals surface area contributed by atoms with Crippen molar-refractivity contribution in [2.45, 2.75) is 31.8 Å². The standard InChI is InChI=1S/C15H23N3O/c16-13-4-5-15(19)12(9-13)10-17-7-8-18-6-2-1-3-14(18)11-17/h4-5,9,14,19H,1-3,6-8,10-11,16H2. The number of phenols is 1. The fourth-order valence-corrected chi connectivity index (χ4v) is 3.34. The summed E-state index contributed by atoms with van der Waals surface area (Å²) in [4.78, 5) is 5.07. The largest absolute Gasteiger partial charge is 0.508 e. The van der Waals surface area contributed by atoms with E-state index >= 15 is 0 Å². The molecule has 1 aromatic rings. The van der Waals surface area contributed by atoms with Crippen molar-refractivity contribution in [1.82, 2.24) is 9.80 Å². The summed E-state index contributed by atoms with van der Waals surface area (Å²) in [6.45, 7) is 5.44. The SMILES string of the molecule is Nc1ccc(O)c(CN2CCN3CCCCC3C2)c1. The average Bonchev–Trinajstić information content (AvgIpc) is 2.43. The minimum absolute atomic E-state index is 0.361. The van der Waals surface area contributed by atoms with E-state index in [4.69, 9.17) is 5.73 Å². The van der Waals surface area contributed by atoms with Crippen LogP contribution < -0.4 is 5.73 Å². The Morgan fingerprint density at radius 1 is 1.21 bits per heavy atom. The van der Waals surface area contributed by atoms with Crippen LogP contribution in [-0.4, -0.2) is 47.1 Å². The number of rotatable bonds is 2. The van der Waals surface area contributed by atoms with Gasteiger partial charge in [0, 0.05) is 43.5 Å². The number of phenolic OH excluding ortho intramolecular Hbond substituents is 1. The number of anilines is 1. The highest BCUT2D eigenvalue weighted by molar-refractivity contribution is 5.47. The molecule has 0 aliphatic carbocycles. The third kappa shape index (κ3) is 2.85. The van der Waals surface area contributed by atoms with Gasteiger partial charge in [-0.3, -0.25) is 9.80 Å². The maximum Gasteiger partial charge on any atom is 0.120 e. The molecular weight excluding hydrogens is 238 g/mol. The lowest BCUT2D eigenvalue weighted by Crippen LogP contribution is -2.54. The number of nitrogens with two attached hydrogens (primary N) is 1. The molecule has 2 aliphatic heterocycles. The first-order valence-corrected chi connectivity index (χ1v) is 7.26. The van der Waals surface area contributed by atoms with Crippen molar-refractivity contribution in [3.05, 3.63) is 23.8 Å². The second-order valence-electron chi connectivity index (χ2n) is 5.81. The van der Waals surface area contributed by atoms with Crippen molar-refractivity contribution in [1.29, 1.82) is 0 Å². The maximum absolute atomic E-state index is 9.91. The van der Waals surface area contributed by atoms with Crippen molar-refractivity contribution in [3.8, 4) is 5.75 Å². The molecule has 2 heterocycles. The Kier molecular flexibility index (Phi) is 3.62. The smallest absolute Gasteiger partial charge is 0.120 e. The molecule has 0 aromatic heterocycles. The van der Waals surface area contributed by atoms with Gasteiger partial charge in [0.2, 0.25) is 0 Å². The zero-order chi connectivity index (χ0) is 13.2. The zero-order valence-corrected chi connectivity index (χ0v) is 11.4. The van der Waals surface area contributed by atoms with Crippen molar-refractivity contribution in [3.63, 3.8) is 0 Å². The molecule has 1 aromatic carbocycles.